The average molecular weight is 323 g/mol. The van der Waals surface area contributed by atoms with Crippen LogP contribution in [0.1, 0.15) is 33.3 Å². The molecule has 0 bridgehead atoms. The molecule has 1 amide bonds. The summed E-state index contributed by atoms with van der Waals surface area (Å²) in [4.78, 5) is 22.3. The summed E-state index contributed by atoms with van der Waals surface area (Å²) in [5.74, 6) is 5.27. The van der Waals surface area contributed by atoms with Gasteiger partial charge in [-0.05, 0) is 39.0 Å². The lowest BCUT2D eigenvalue weighted by Gasteiger charge is -2.19. The fraction of sp³-hybridized carbons (Fsp3) is 0.375. The van der Waals surface area contributed by atoms with Crippen molar-refractivity contribution in [1.82, 2.24) is 0 Å². The summed E-state index contributed by atoms with van der Waals surface area (Å²) in [6.07, 6.45) is -0.719. The largest absolute Gasteiger partial charge is 0.444 e. The zero-order valence-corrected chi connectivity index (χ0v) is 13.8. The van der Waals surface area contributed by atoms with Gasteiger partial charge in [0.25, 0.3) is 0 Å². The van der Waals surface area contributed by atoms with Crippen LogP contribution in [0.5, 0.6) is 0 Å². The van der Waals surface area contributed by atoms with Crippen molar-refractivity contribution in [2.24, 2.45) is 0 Å². The number of amides is 1. The van der Waals surface area contributed by atoms with Crippen LogP contribution >= 0.6 is 11.8 Å². The van der Waals surface area contributed by atoms with Crippen LogP contribution in [0.3, 0.4) is 0 Å². The molecule has 0 atom stereocenters. The van der Waals surface area contributed by atoms with E-state index in [9.17, 15) is 14.0 Å². The Balaban J connectivity index is 2.69. The molecule has 1 rings (SSSR count). The molecular weight excluding hydrogens is 305 g/mol. The molecule has 0 unspecified atom stereocenters. The lowest BCUT2D eigenvalue weighted by Crippen LogP contribution is -2.27. The Morgan fingerprint density at radius 2 is 2.05 bits per heavy atom. The molecule has 0 heterocycles. The molecule has 6 heteroatoms. The third-order valence-corrected chi connectivity index (χ3v) is 2.88. The number of hydrogen-bond donors (Lipinski definition) is 1. The van der Waals surface area contributed by atoms with Gasteiger partial charge < -0.3 is 4.74 Å². The summed E-state index contributed by atoms with van der Waals surface area (Å²) in [6.45, 7) is 6.63. The highest BCUT2D eigenvalue weighted by Gasteiger charge is 2.17. The molecule has 22 heavy (non-hydrogen) atoms. The van der Waals surface area contributed by atoms with E-state index in [1.807, 2.05) is 0 Å². The quantitative estimate of drug-likeness (QED) is 0.841. The van der Waals surface area contributed by atoms with Gasteiger partial charge in [-0.25, -0.2) is 9.18 Å². The fourth-order valence-corrected chi connectivity index (χ4v) is 1.73. The number of nitrogens with one attached hydrogen (secondary N) is 1. The van der Waals surface area contributed by atoms with Crippen molar-refractivity contribution in [2.45, 2.75) is 33.3 Å². The van der Waals surface area contributed by atoms with E-state index in [0.29, 0.717) is 11.3 Å². The van der Waals surface area contributed by atoms with Crippen LogP contribution in [0.25, 0.3) is 0 Å². The van der Waals surface area contributed by atoms with Crippen LogP contribution < -0.4 is 5.32 Å². The van der Waals surface area contributed by atoms with Gasteiger partial charge in [0.1, 0.15) is 11.4 Å². The van der Waals surface area contributed by atoms with E-state index in [4.69, 9.17) is 4.74 Å². The van der Waals surface area contributed by atoms with E-state index in [1.54, 1.807) is 26.8 Å². The number of thioether (sulfide) groups is 1. The molecule has 1 N–H and O–H groups in total. The van der Waals surface area contributed by atoms with Crippen LogP contribution in [0.4, 0.5) is 14.9 Å². The molecule has 0 aliphatic carbocycles. The number of ether oxygens (including phenoxy) is 1. The van der Waals surface area contributed by atoms with Gasteiger partial charge in [-0.1, -0.05) is 23.6 Å². The van der Waals surface area contributed by atoms with Crippen molar-refractivity contribution in [1.29, 1.82) is 0 Å². The Morgan fingerprint density at radius 3 is 2.59 bits per heavy atom. The third-order valence-electron chi connectivity index (χ3n) is 2.19. The lowest BCUT2D eigenvalue weighted by atomic mass is 10.2. The van der Waals surface area contributed by atoms with Crippen molar-refractivity contribution in [3.8, 4) is 11.8 Å². The highest BCUT2D eigenvalue weighted by atomic mass is 32.2. The molecular formula is C16H18FNO3S. The molecule has 4 nitrogen and oxygen atoms in total. The molecule has 1 aromatic carbocycles. The Hall–Kier alpha value is -2.00. The SMILES string of the molecule is CC(=O)SCC#Cc1ccc(NC(=O)OC(C)(C)C)c(F)c1. The molecule has 1 aromatic rings. The van der Waals surface area contributed by atoms with Gasteiger partial charge in [0.15, 0.2) is 5.12 Å². The van der Waals surface area contributed by atoms with Gasteiger partial charge in [-0.15, -0.1) is 0 Å². The normalized spacial score (nSPS) is 10.4. The first-order valence-electron chi connectivity index (χ1n) is 6.59. The van der Waals surface area contributed by atoms with Crippen LogP contribution in [0.15, 0.2) is 18.2 Å². The van der Waals surface area contributed by atoms with Crippen molar-refractivity contribution < 1.29 is 18.7 Å². The maximum absolute atomic E-state index is 13.9. The van der Waals surface area contributed by atoms with E-state index in [0.717, 1.165) is 11.8 Å². The van der Waals surface area contributed by atoms with Crippen molar-refractivity contribution >= 4 is 28.7 Å². The van der Waals surface area contributed by atoms with E-state index < -0.39 is 17.5 Å². The second-order valence-electron chi connectivity index (χ2n) is 5.40. The molecule has 0 spiro atoms. The summed E-state index contributed by atoms with van der Waals surface area (Å²) in [7, 11) is 0. The summed E-state index contributed by atoms with van der Waals surface area (Å²) in [6, 6.07) is 4.22. The Labute approximate surface area is 133 Å². The lowest BCUT2D eigenvalue weighted by molar-refractivity contribution is -0.109. The smallest absolute Gasteiger partial charge is 0.412 e. The van der Waals surface area contributed by atoms with Crippen molar-refractivity contribution in [3.05, 3.63) is 29.6 Å². The first kappa shape index (κ1) is 18.1. The van der Waals surface area contributed by atoms with E-state index in [2.05, 4.69) is 17.2 Å². The predicted octanol–water partition coefficient (Wildman–Crippen LogP) is 3.80. The number of carbonyl (C=O) groups is 2. The number of halogens is 1. The average Bonchev–Trinajstić information content (AvgIpc) is 2.35. The predicted molar refractivity (Wildman–Crippen MR) is 86.3 cm³/mol. The zero-order valence-electron chi connectivity index (χ0n) is 13.0. The fourth-order valence-electron chi connectivity index (χ4n) is 1.38. The maximum Gasteiger partial charge on any atom is 0.412 e. The van der Waals surface area contributed by atoms with Crippen LogP contribution in [-0.4, -0.2) is 22.6 Å². The minimum Gasteiger partial charge on any atom is -0.444 e. The molecule has 0 aromatic heterocycles. The van der Waals surface area contributed by atoms with Crippen molar-refractivity contribution in [2.75, 3.05) is 11.1 Å². The van der Waals surface area contributed by atoms with Gasteiger partial charge in [-0.3, -0.25) is 10.1 Å². The van der Waals surface area contributed by atoms with Crippen LogP contribution in [0, 0.1) is 17.7 Å². The number of rotatable bonds is 2. The first-order chi connectivity index (χ1) is 10.2. The van der Waals surface area contributed by atoms with Crippen molar-refractivity contribution in [3.63, 3.8) is 0 Å². The van der Waals surface area contributed by atoms with E-state index >= 15 is 0 Å². The minimum absolute atomic E-state index is 0.0163. The van der Waals surface area contributed by atoms with Crippen LogP contribution in [0.2, 0.25) is 0 Å². The van der Waals surface area contributed by atoms with Gasteiger partial charge in [-0.2, -0.15) is 0 Å². The van der Waals surface area contributed by atoms with E-state index in [-0.39, 0.29) is 10.8 Å². The minimum atomic E-state index is -0.719. The number of hydrogen-bond acceptors (Lipinski definition) is 4. The number of carbonyl (C=O) groups excluding carboxylic acids is 2. The first-order valence-corrected chi connectivity index (χ1v) is 7.58. The van der Waals surface area contributed by atoms with Gasteiger partial charge in [0.05, 0.1) is 11.4 Å². The van der Waals surface area contributed by atoms with Gasteiger partial charge >= 0.3 is 6.09 Å². The highest BCUT2D eigenvalue weighted by Crippen LogP contribution is 2.17. The Bertz CT molecular complexity index is 627. The summed E-state index contributed by atoms with van der Waals surface area (Å²) >= 11 is 1.09. The maximum atomic E-state index is 13.9. The third kappa shape index (κ3) is 7.14. The second kappa shape index (κ2) is 7.85. The molecule has 0 saturated carbocycles. The monoisotopic (exact) mass is 323 g/mol. The summed E-state index contributed by atoms with van der Waals surface area (Å²) < 4.78 is 18.9. The Kier molecular flexibility index (Phi) is 6.44. The Morgan fingerprint density at radius 1 is 1.36 bits per heavy atom. The molecule has 0 radical (unpaired) electrons. The molecule has 0 fully saturated rings. The molecule has 0 aliphatic rings. The second-order valence-corrected chi connectivity index (χ2v) is 6.56. The summed E-state index contributed by atoms with van der Waals surface area (Å²) in [5, 5.41) is 2.33. The van der Waals surface area contributed by atoms with Gasteiger partial charge in [0.2, 0.25) is 0 Å². The molecule has 0 saturated heterocycles. The molecule has 118 valence electrons. The summed E-state index contributed by atoms with van der Waals surface area (Å²) in [5.41, 5.74) is -0.158. The highest BCUT2D eigenvalue weighted by molar-refractivity contribution is 8.13. The number of benzene rings is 1. The standard InChI is InChI=1S/C16H18FNO3S/c1-11(19)22-9-5-6-12-7-8-14(13(17)10-12)18-15(20)21-16(2,3)4/h7-8,10H,9H2,1-4H3,(H,18,20). The number of anilines is 1. The topological polar surface area (TPSA) is 55.4 Å². The van der Waals surface area contributed by atoms with Crippen LogP contribution in [-0.2, 0) is 9.53 Å². The van der Waals surface area contributed by atoms with E-state index in [1.165, 1.54) is 19.1 Å². The zero-order chi connectivity index (χ0) is 16.8. The molecule has 0 aliphatic heterocycles. The van der Waals surface area contributed by atoms with Gasteiger partial charge in [0, 0.05) is 12.5 Å².